The average Bonchev–Trinajstić information content (AvgIpc) is 3.01. The molecular formula is C34H27NO5S. The van der Waals surface area contributed by atoms with Gasteiger partial charge in [-0.15, -0.1) is 0 Å². The number of ketones is 3. The van der Waals surface area contributed by atoms with Crippen LogP contribution in [0.2, 0.25) is 0 Å². The maximum Gasteiger partial charge on any atom is 0.184 e. The standard InChI is InChI=1S/C34H27NO5S/c35-23-34(33(38)27-19-11-4-12-20-27)28(21-29(36)24-13-5-1-6-14-24)22-41(39,40)32(30(34)25-15-7-2-8-16-25)31(37)26-17-9-3-10-18-26/h1-20,28,30,32H,21-22H2/t28-,30-,32+,34-/m0/s1. The van der Waals surface area contributed by atoms with Crippen molar-refractivity contribution in [1.82, 2.24) is 0 Å². The molecule has 0 amide bonds. The minimum absolute atomic E-state index is 0.166. The maximum atomic E-state index is 14.5. The number of Topliss-reactive ketones (excluding diaryl/α,β-unsaturated/α-hetero) is 3. The third kappa shape index (κ3) is 5.15. The SMILES string of the molecule is N#C[C@]1(C(=O)c2ccccc2)[C@@H](CC(=O)c2ccccc2)CS(=O)(=O)[C@@H](C(=O)c2ccccc2)[C@@H]1c1ccccc1. The van der Waals surface area contributed by atoms with Gasteiger partial charge in [-0.1, -0.05) is 121 Å². The van der Waals surface area contributed by atoms with Gasteiger partial charge in [0, 0.05) is 34.9 Å². The highest BCUT2D eigenvalue weighted by molar-refractivity contribution is 7.92. The highest BCUT2D eigenvalue weighted by Crippen LogP contribution is 2.54. The zero-order chi connectivity index (χ0) is 29.0. The fourth-order valence-electron chi connectivity index (χ4n) is 5.95. The molecule has 0 radical (unpaired) electrons. The van der Waals surface area contributed by atoms with Gasteiger partial charge in [-0.3, -0.25) is 14.4 Å². The molecule has 6 nitrogen and oxygen atoms in total. The van der Waals surface area contributed by atoms with Crippen LogP contribution in [-0.2, 0) is 9.84 Å². The molecule has 41 heavy (non-hydrogen) atoms. The second-order valence-corrected chi connectivity index (χ2v) is 12.4. The van der Waals surface area contributed by atoms with E-state index in [2.05, 4.69) is 6.07 Å². The highest BCUT2D eigenvalue weighted by atomic mass is 32.2. The second kappa shape index (κ2) is 11.4. The lowest BCUT2D eigenvalue weighted by molar-refractivity contribution is 0.0675. The molecule has 204 valence electrons. The van der Waals surface area contributed by atoms with Gasteiger partial charge in [-0.05, 0) is 5.56 Å². The molecular weight excluding hydrogens is 534 g/mol. The first kappa shape index (κ1) is 27.9. The van der Waals surface area contributed by atoms with E-state index in [1.165, 1.54) is 12.1 Å². The molecule has 0 bridgehead atoms. The predicted octanol–water partition coefficient (Wildman–Crippen LogP) is 5.73. The highest BCUT2D eigenvalue weighted by Gasteiger charge is 2.64. The Labute approximate surface area is 239 Å². The van der Waals surface area contributed by atoms with Crippen molar-refractivity contribution in [2.24, 2.45) is 11.3 Å². The molecule has 0 spiro atoms. The zero-order valence-electron chi connectivity index (χ0n) is 22.1. The summed E-state index contributed by atoms with van der Waals surface area (Å²) in [7, 11) is -4.25. The first-order valence-corrected chi connectivity index (χ1v) is 15.0. The van der Waals surface area contributed by atoms with Crippen LogP contribution in [0.15, 0.2) is 121 Å². The van der Waals surface area contributed by atoms with E-state index < -0.39 is 49.7 Å². The van der Waals surface area contributed by atoms with Gasteiger partial charge in [0.25, 0.3) is 0 Å². The number of carbonyl (C=O) groups is 3. The van der Waals surface area contributed by atoms with E-state index in [1.807, 2.05) is 0 Å². The molecule has 0 aromatic heterocycles. The maximum absolute atomic E-state index is 14.5. The van der Waals surface area contributed by atoms with Crippen molar-refractivity contribution < 1.29 is 22.8 Å². The summed E-state index contributed by atoms with van der Waals surface area (Å²) >= 11 is 0. The van der Waals surface area contributed by atoms with Crippen molar-refractivity contribution >= 4 is 27.2 Å². The van der Waals surface area contributed by atoms with Crippen LogP contribution < -0.4 is 0 Å². The molecule has 1 aliphatic heterocycles. The Morgan fingerprint density at radius 1 is 0.707 bits per heavy atom. The Morgan fingerprint density at radius 3 is 1.68 bits per heavy atom. The van der Waals surface area contributed by atoms with E-state index in [-0.39, 0.29) is 23.3 Å². The molecule has 1 aliphatic rings. The molecule has 5 rings (SSSR count). The van der Waals surface area contributed by atoms with E-state index in [9.17, 15) is 28.1 Å². The van der Waals surface area contributed by atoms with E-state index in [0.29, 0.717) is 11.1 Å². The minimum atomic E-state index is -4.25. The van der Waals surface area contributed by atoms with Gasteiger partial charge < -0.3 is 0 Å². The summed E-state index contributed by atoms with van der Waals surface area (Å²) in [6.45, 7) is 0. The van der Waals surface area contributed by atoms with E-state index >= 15 is 0 Å². The van der Waals surface area contributed by atoms with Gasteiger partial charge in [-0.2, -0.15) is 5.26 Å². The van der Waals surface area contributed by atoms with Crippen molar-refractivity contribution in [2.45, 2.75) is 17.6 Å². The van der Waals surface area contributed by atoms with Gasteiger partial charge >= 0.3 is 0 Å². The van der Waals surface area contributed by atoms with Crippen molar-refractivity contribution in [1.29, 1.82) is 5.26 Å². The van der Waals surface area contributed by atoms with Crippen LogP contribution >= 0.6 is 0 Å². The molecule has 0 unspecified atom stereocenters. The topological polar surface area (TPSA) is 109 Å². The lowest BCUT2D eigenvalue weighted by Gasteiger charge is -2.47. The largest absolute Gasteiger partial charge is 0.294 e. The van der Waals surface area contributed by atoms with Crippen molar-refractivity contribution in [3.63, 3.8) is 0 Å². The van der Waals surface area contributed by atoms with Crippen LogP contribution in [0.3, 0.4) is 0 Å². The summed E-state index contributed by atoms with van der Waals surface area (Å²) in [5, 5.41) is 9.31. The van der Waals surface area contributed by atoms with Gasteiger partial charge in [0.1, 0.15) is 10.7 Å². The van der Waals surface area contributed by atoms with Crippen molar-refractivity contribution in [3.05, 3.63) is 144 Å². The molecule has 0 N–H and O–H groups in total. The molecule has 4 atom stereocenters. The molecule has 1 fully saturated rings. The van der Waals surface area contributed by atoms with Crippen LogP contribution in [0.5, 0.6) is 0 Å². The normalized spacial score (nSPS) is 23.1. The van der Waals surface area contributed by atoms with E-state index in [1.54, 1.807) is 109 Å². The van der Waals surface area contributed by atoms with Crippen LogP contribution in [0.4, 0.5) is 0 Å². The number of benzene rings is 4. The average molecular weight is 562 g/mol. The summed E-state index contributed by atoms with van der Waals surface area (Å²) in [6, 6.07) is 35.2. The summed E-state index contributed by atoms with van der Waals surface area (Å²) in [6.07, 6.45) is -0.356. The van der Waals surface area contributed by atoms with Gasteiger partial charge in [-0.25, -0.2) is 8.42 Å². The third-order valence-electron chi connectivity index (χ3n) is 7.86. The van der Waals surface area contributed by atoms with Crippen molar-refractivity contribution in [2.75, 3.05) is 5.75 Å². The van der Waals surface area contributed by atoms with Crippen LogP contribution in [0, 0.1) is 22.7 Å². The molecule has 4 aromatic carbocycles. The first-order valence-electron chi connectivity index (χ1n) is 13.2. The Kier molecular flexibility index (Phi) is 7.78. The lowest BCUT2D eigenvalue weighted by Crippen LogP contribution is -2.58. The number of sulfone groups is 1. The molecule has 7 heteroatoms. The number of nitrogens with zero attached hydrogens (tertiary/aromatic N) is 1. The van der Waals surface area contributed by atoms with Crippen LogP contribution in [0.1, 0.15) is 49.0 Å². The second-order valence-electron chi connectivity index (χ2n) is 10.2. The van der Waals surface area contributed by atoms with Gasteiger partial charge in [0.15, 0.2) is 27.2 Å². The number of hydrogen-bond acceptors (Lipinski definition) is 6. The third-order valence-corrected chi connectivity index (χ3v) is 9.98. The summed E-state index contributed by atoms with van der Waals surface area (Å²) in [4.78, 5) is 42.1. The number of nitriles is 1. The lowest BCUT2D eigenvalue weighted by atomic mass is 9.58. The Bertz CT molecular complexity index is 1720. The predicted molar refractivity (Wildman–Crippen MR) is 155 cm³/mol. The molecule has 1 heterocycles. The quantitative estimate of drug-likeness (QED) is 0.254. The monoisotopic (exact) mass is 561 g/mol. The fraction of sp³-hybridized carbons (Fsp3) is 0.176. The zero-order valence-corrected chi connectivity index (χ0v) is 22.9. The summed E-state index contributed by atoms with van der Waals surface area (Å²) in [5.41, 5.74) is -0.944. The Balaban J connectivity index is 1.77. The molecule has 0 saturated carbocycles. The number of hydrogen-bond donors (Lipinski definition) is 0. The number of rotatable bonds is 8. The fourth-order valence-corrected chi connectivity index (χ4v) is 8.34. The smallest absolute Gasteiger partial charge is 0.184 e. The molecule has 0 aliphatic carbocycles. The van der Waals surface area contributed by atoms with Gasteiger partial charge in [0.05, 0.1) is 11.8 Å². The van der Waals surface area contributed by atoms with E-state index in [0.717, 1.165) is 0 Å². The minimum Gasteiger partial charge on any atom is -0.294 e. The molecule has 4 aromatic rings. The summed E-state index contributed by atoms with van der Waals surface area (Å²) < 4.78 is 28.2. The van der Waals surface area contributed by atoms with E-state index in [4.69, 9.17) is 0 Å². The van der Waals surface area contributed by atoms with Crippen LogP contribution in [-0.4, -0.2) is 36.8 Å². The molecule has 1 saturated heterocycles. The Morgan fingerprint density at radius 2 is 1.17 bits per heavy atom. The van der Waals surface area contributed by atoms with Crippen molar-refractivity contribution in [3.8, 4) is 6.07 Å². The first-order chi connectivity index (χ1) is 19.8. The van der Waals surface area contributed by atoms with Crippen LogP contribution in [0.25, 0.3) is 0 Å². The Hall–Kier alpha value is -4.67. The number of carbonyl (C=O) groups excluding carboxylic acids is 3. The van der Waals surface area contributed by atoms with Gasteiger partial charge in [0.2, 0.25) is 0 Å². The summed E-state index contributed by atoms with van der Waals surface area (Å²) in [5.74, 6) is -4.91.